The van der Waals surface area contributed by atoms with Crippen molar-refractivity contribution >= 4 is 35.6 Å². The van der Waals surface area contributed by atoms with Gasteiger partial charge in [-0.25, -0.2) is 4.79 Å². The van der Waals surface area contributed by atoms with Crippen LogP contribution in [0.25, 0.3) is 0 Å². The van der Waals surface area contributed by atoms with Crippen LogP contribution in [-0.4, -0.2) is 83.1 Å². The summed E-state index contributed by atoms with van der Waals surface area (Å²) >= 11 is 0. The number of hydrogen-bond donors (Lipinski definition) is 9. The highest BCUT2D eigenvalue weighted by atomic mass is 16.4. The molecule has 38 heavy (non-hydrogen) atoms. The van der Waals surface area contributed by atoms with Gasteiger partial charge in [0.2, 0.25) is 17.7 Å². The second-order valence-corrected chi connectivity index (χ2v) is 9.42. The van der Waals surface area contributed by atoms with E-state index in [2.05, 4.69) is 20.9 Å². The van der Waals surface area contributed by atoms with E-state index in [0.29, 0.717) is 25.8 Å². The Morgan fingerprint density at radius 2 is 1.34 bits per heavy atom. The van der Waals surface area contributed by atoms with Gasteiger partial charge in [0.05, 0.1) is 6.04 Å². The van der Waals surface area contributed by atoms with Gasteiger partial charge >= 0.3 is 11.9 Å². The maximum absolute atomic E-state index is 13.2. The largest absolute Gasteiger partial charge is 0.481 e. The van der Waals surface area contributed by atoms with Crippen molar-refractivity contribution in [2.24, 2.45) is 33.8 Å². The lowest BCUT2D eigenvalue weighted by Gasteiger charge is -2.26. The molecule has 15 heteroatoms. The Morgan fingerprint density at radius 3 is 1.87 bits per heavy atom. The van der Waals surface area contributed by atoms with Crippen LogP contribution in [0.15, 0.2) is 4.99 Å². The van der Waals surface area contributed by atoms with Gasteiger partial charge in [-0.15, -0.1) is 0 Å². The highest BCUT2D eigenvalue weighted by molar-refractivity contribution is 5.94. The van der Waals surface area contributed by atoms with Gasteiger partial charge in [0, 0.05) is 13.0 Å². The van der Waals surface area contributed by atoms with E-state index in [1.54, 1.807) is 0 Å². The molecule has 13 N–H and O–H groups in total. The Bertz CT molecular complexity index is 818. The average Bonchev–Trinajstić information content (AvgIpc) is 2.82. The third-order valence-corrected chi connectivity index (χ3v) is 5.49. The summed E-state index contributed by atoms with van der Waals surface area (Å²) in [7, 11) is 0. The lowest BCUT2D eigenvalue weighted by Crippen LogP contribution is -2.57. The fourth-order valence-electron chi connectivity index (χ4n) is 3.46. The normalized spacial score (nSPS) is 14.0. The molecule has 0 rings (SSSR count). The number of guanidine groups is 1. The van der Waals surface area contributed by atoms with Crippen LogP contribution in [0, 0.1) is 5.92 Å². The van der Waals surface area contributed by atoms with Gasteiger partial charge in [-0.05, 0) is 57.4 Å². The van der Waals surface area contributed by atoms with Crippen LogP contribution < -0.4 is 38.9 Å². The molecule has 0 heterocycles. The minimum atomic E-state index is -1.20. The number of carboxylic acids is 2. The molecule has 3 amide bonds. The van der Waals surface area contributed by atoms with E-state index in [4.69, 9.17) is 28.0 Å². The van der Waals surface area contributed by atoms with Crippen LogP contribution in [0.4, 0.5) is 0 Å². The van der Waals surface area contributed by atoms with Crippen LogP contribution in [-0.2, 0) is 24.0 Å². The van der Waals surface area contributed by atoms with Crippen molar-refractivity contribution in [2.75, 3.05) is 13.1 Å². The number of hydrogen-bond acceptors (Lipinski definition) is 8. The van der Waals surface area contributed by atoms with Crippen LogP contribution in [0.3, 0.4) is 0 Å². The van der Waals surface area contributed by atoms with E-state index in [-0.39, 0.29) is 50.5 Å². The SMILES string of the molecule is CC(C)CC(NC(=O)C(CCCN=C(N)N)NC(=O)C(N)CCC(=O)O)C(=O)NC(CCCCN)C(=O)O. The molecule has 0 aromatic rings. The van der Waals surface area contributed by atoms with Crippen LogP contribution >= 0.6 is 0 Å². The molecular formula is C23H44N8O7. The minimum Gasteiger partial charge on any atom is -0.481 e. The number of carboxylic acid groups (broad SMARTS) is 2. The predicted octanol–water partition coefficient (Wildman–Crippen LogP) is -2.05. The number of rotatable bonds is 20. The molecule has 0 fully saturated rings. The molecule has 0 saturated heterocycles. The van der Waals surface area contributed by atoms with Crippen LogP contribution in [0.1, 0.15) is 65.2 Å². The predicted molar refractivity (Wildman–Crippen MR) is 141 cm³/mol. The number of nitrogens with two attached hydrogens (primary N) is 4. The van der Waals surface area contributed by atoms with E-state index in [9.17, 15) is 29.1 Å². The first-order valence-corrected chi connectivity index (χ1v) is 12.6. The molecule has 0 aliphatic heterocycles. The summed E-state index contributed by atoms with van der Waals surface area (Å²) in [4.78, 5) is 64.9. The summed E-state index contributed by atoms with van der Waals surface area (Å²) in [6.45, 7) is 4.23. The Morgan fingerprint density at radius 1 is 0.789 bits per heavy atom. The maximum Gasteiger partial charge on any atom is 0.326 e. The number of nitrogens with zero attached hydrogens (tertiary/aromatic N) is 1. The monoisotopic (exact) mass is 544 g/mol. The lowest BCUT2D eigenvalue weighted by atomic mass is 10.0. The fraction of sp³-hybridized carbons (Fsp3) is 0.739. The summed E-state index contributed by atoms with van der Waals surface area (Å²) in [5, 5.41) is 25.9. The van der Waals surface area contributed by atoms with E-state index < -0.39 is 53.8 Å². The number of amides is 3. The first-order valence-electron chi connectivity index (χ1n) is 12.6. The van der Waals surface area contributed by atoms with Crippen molar-refractivity contribution in [2.45, 2.75) is 89.4 Å². The van der Waals surface area contributed by atoms with Crippen molar-refractivity contribution < 1.29 is 34.2 Å². The van der Waals surface area contributed by atoms with Crippen LogP contribution in [0.2, 0.25) is 0 Å². The van der Waals surface area contributed by atoms with Crippen LogP contribution in [0.5, 0.6) is 0 Å². The number of nitrogens with one attached hydrogen (secondary N) is 3. The molecule has 0 aromatic heterocycles. The van der Waals surface area contributed by atoms with Gasteiger partial charge in [-0.3, -0.25) is 24.2 Å². The molecule has 218 valence electrons. The van der Waals surface area contributed by atoms with Gasteiger partial charge in [0.15, 0.2) is 5.96 Å². The standard InChI is InChI=1S/C23H44N8O7/c1-13(2)12-17(21(36)30-16(22(37)38)6-3-4-10-24)31-20(35)15(7-5-11-28-23(26)27)29-19(34)14(25)8-9-18(32)33/h13-17H,3-12,24-25H2,1-2H3,(H,29,34)(H,30,36)(H,31,35)(H,32,33)(H,37,38)(H4,26,27,28). The number of carbonyl (C=O) groups excluding carboxylic acids is 3. The molecule has 0 aliphatic rings. The van der Waals surface area contributed by atoms with Crippen molar-refractivity contribution in [1.29, 1.82) is 0 Å². The first kappa shape index (κ1) is 34.5. The average molecular weight is 545 g/mol. The maximum atomic E-state index is 13.2. The summed E-state index contributed by atoms with van der Waals surface area (Å²) in [5.41, 5.74) is 21.8. The summed E-state index contributed by atoms with van der Waals surface area (Å²) in [6, 6.07) is -4.52. The van der Waals surface area contributed by atoms with Crippen molar-refractivity contribution in [1.82, 2.24) is 16.0 Å². The van der Waals surface area contributed by atoms with Gasteiger partial charge in [-0.2, -0.15) is 0 Å². The van der Waals surface area contributed by atoms with Crippen molar-refractivity contribution in [3.05, 3.63) is 0 Å². The minimum absolute atomic E-state index is 0.0362. The quantitative estimate of drug-likeness (QED) is 0.0456. The number of carbonyl (C=O) groups is 5. The molecule has 15 nitrogen and oxygen atoms in total. The molecule has 0 spiro atoms. The summed E-state index contributed by atoms with van der Waals surface area (Å²) < 4.78 is 0. The highest BCUT2D eigenvalue weighted by Gasteiger charge is 2.30. The van der Waals surface area contributed by atoms with Gasteiger partial charge in [-0.1, -0.05) is 13.8 Å². The zero-order chi connectivity index (χ0) is 29.3. The second kappa shape index (κ2) is 18.7. The molecule has 0 aliphatic carbocycles. The van der Waals surface area contributed by atoms with Gasteiger partial charge in [0.1, 0.15) is 18.1 Å². The number of unbranched alkanes of at least 4 members (excludes halogenated alkanes) is 1. The van der Waals surface area contributed by atoms with Crippen molar-refractivity contribution in [3.8, 4) is 0 Å². The van der Waals surface area contributed by atoms with Gasteiger partial charge < -0.3 is 49.1 Å². The molecule has 4 unspecified atom stereocenters. The number of aliphatic carboxylic acids is 2. The molecular weight excluding hydrogens is 500 g/mol. The summed E-state index contributed by atoms with van der Waals surface area (Å²) in [5.74, 6) is -4.59. The van der Waals surface area contributed by atoms with Crippen molar-refractivity contribution in [3.63, 3.8) is 0 Å². The van der Waals surface area contributed by atoms with E-state index in [1.165, 1.54) is 0 Å². The highest BCUT2D eigenvalue weighted by Crippen LogP contribution is 2.09. The van der Waals surface area contributed by atoms with E-state index >= 15 is 0 Å². The molecule has 0 radical (unpaired) electrons. The Balaban J connectivity index is 5.58. The smallest absolute Gasteiger partial charge is 0.326 e. The second-order valence-electron chi connectivity index (χ2n) is 9.42. The Hall–Kier alpha value is -3.46. The zero-order valence-electron chi connectivity index (χ0n) is 22.2. The molecule has 4 atom stereocenters. The fourth-order valence-corrected chi connectivity index (χ4v) is 3.46. The molecule has 0 aromatic carbocycles. The first-order chi connectivity index (χ1) is 17.8. The Kier molecular flexibility index (Phi) is 17.0. The van der Waals surface area contributed by atoms with E-state index in [1.807, 2.05) is 13.8 Å². The lowest BCUT2D eigenvalue weighted by molar-refractivity contribution is -0.142. The summed E-state index contributed by atoms with van der Waals surface area (Å²) in [6.07, 6.45) is 1.41. The topological polar surface area (TPSA) is 278 Å². The molecule has 0 saturated carbocycles. The zero-order valence-corrected chi connectivity index (χ0v) is 22.2. The third kappa shape index (κ3) is 15.6. The Labute approximate surface area is 222 Å². The van der Waals surface area contributed by atoms with Gasteiger partial charge in [0.25, 0.3) is 0 Å². The van der Waals surface area contributed by atoms with E-state index in [0.717, 1.165) is 0 Å². The third-order valence-electron chi connectivity index (χ3n) is 5.49. The number of aliphatic imine (C=N–C) groups is 1. The molecule has 0 bridgehead atoms.